The van der Waals surface area contributed by atoms with Crippen LogP contribution >= 0.6 is 0 Å². The Morgan fingerprint density at radius 2 is 1.93 bits per heavy atom. The Balaban J connectivity index is 3.23. The van der Waals surface area contributed by atoms with Crippen molar-refractivity contribution in [2.45, 2.75) is 19.4 Å². The summed E-state index contributed by atoms with van der Waals surface area (Å²) >= 11 is 0. The highest BCUT2D eigenvalue weighted by Crippen LogP contribution is 1.90. The molecule has 1 atom stereocenters. The number of esters is 1. The zero-order valence-electron chi connectivity index (χ0n) is 8.82. The molecule has 0 aromatic rings. The van der Waals surface area contributed by atoms with Crippen molar-refractivity contribution in [2.24, 2.45) is 5.73 Å². The molecule has 2 N–H and O–H groups in total. The first kappa shape index (κ1) is 13.4. The average molecular weight is 205 g/mol. The quantitative estimate of drug-likeness (QED) is 0.443. The summed E-state index contributed by atoms with van der Waals surface area (Å²) in [5.74, 6) is -0.372. The van der Waals surface area contributed by atoms with E-state index < -0.39 is 6.04 Å². The van der Waals surface area contributed by atoms with Gasteiger partial charge >= 0.3 is 5.97 Å². The van der Waals surface area contributed by atoms with Gasteiger partial charge in [0.2, 0.25) is 0 Å². The van der Waals surface area contributed by atoms with Gasteiger partial charge in [0.05, 0.1) is 19.8 Å². The van der Waals surface area contributed by atoms with E-state index >= 15 is 0 Å². The smallest absolute Gasteiger partial charge is 0.322 e. The molecule has 0 amide bonds. The van der Waals surface area contributed by atoms with Gasteiger partial charge in [0.15, 0.2) is 0 Å². The van der Waals surface area contributed by atoms with Crippen LogP contribution in [0.5, 0.6) is 0 Å². The summed E-state index contributed by atoms with van der Waals surface area (Å²) in [5, 5.41) is 0. The largest absolute Gasteiger partial charge is 0.462 e. The average Bonchev–Trinajstić information content (AvgIpc) is 2.21. The number of hydrogen-bond acceptors (Lipinski definition) is 5. The van der Waals surface area contributed by atoms with Crippen LogP contribution in [0.1, 0.15) is 13.3 Å². The number of nitrogens with two attached hydrogens (primary N) is 1. The lowest BCUT2D eigenvalue weighted by Crippen LogP contribution is -2.32. The molecule has 0 aromatic carbocycles. The van der Waals surface area contributed by atoms with Gasteiger partial charge in [-0.25, -0.2) is 0 Å². The van der Waals surface area contributed by atoms with E-state index in [1.54, 1.807) is 7.11 Å². The first-order valence-electron chi connectivity index (χ1n) is 4.71. The Morgan fingerprint density at radius 3 is 2.50 bits per heavy atom. The lowest BCUT2D eigenvalue weighted by atomic mass is 10.2. The maximum Gasteiger partial charge on any atom is 0.322 e. The molecule has 0 aliphatic heterocycles. The fourth-order valence-corrected chi connectivity index (χ4v) is 0.719. The van der Waals surface area contributed by atoms with Crippen molar-refractivity contribution in [1.82, 2.24) is 0 Å². The maximum absolute atomic E-state index is 11.0. The van der Waals surface area contributed by atoms with Crippen LogP contribution in [-0.2, 0) is 19.0 Å². The summed E-state index contributed by atoms with van der Waals surface area (Å²) in [6, 6.07) is -0.519. The Bertz CT molecular complexity index is 152. The van der Waals surface area contributed by atoms with E-state index in [1.165, 1.54) is 0 Å². The summed E-state index contributed by atoms with van der Waals surface area (Å²) in [4.78, 5) is 11.0. The van der Waals surface area contributed by atoms with Crippen LogP contribution in [0.15, 0.2) is 0 Å². The molecule has 0 saturated carbocycles. The minimum absolute atomic E-state index is 0.246. The van der Waals surface area contributed by atoms with Crippen molar-refractivity contribution in [3.63, 3.8) is 0 Å². The fourth-order valence-electron chi connectivity index (χ4n) is 0.719. The van der Waals surface area contributed by atoms with Crippen LogP contribution in [0.2, 0.25) is 0 Å². The summed E-state index contributed by atoms with van der Waals surface area (Å²) < 4.78 is 14.7. The third-order valence-corrected chi connectivity index (χ3v) is 1.65. The Hall–Kier alpha value is -0.650. The Labute approximate surface area is 84.5 Å². The zero-order valence-corrected chi connectivity index (χ0v) is 8.82. The first-order chi connectivity index (χ1) is 6.72. The van der Waals surface area contributed by atoms with E-state index in [0.717, 1.165) is 0 Å². The molecule has 14 heavy (non-hydrogen) atoms. The molecule has 0 aromatic heterocycles. The standard InChI is InChI=1S/C9H19NO4/c1-3-8(10)9(11)14-7-6-13-5-4-12-2/h8H,3-7,10H2,1-2H3/t8-/m0/s1. The lowest BCUT2D eigenvalue weighted by molar-refractivity contribution is -0.146. The molecule has 0 spiro atoms. The van der Waals surface area contributed by atoms with E-state index in [9.17, 15) is 4.79 Å². The molecular formula is C9H19NO4. The molecule has 0 saturated heterocycles. The molecule has 0 unspecified atom stereocenters. The highest BCUT2D eigenvalue weighted by Gasteiger charge is 2.11. The summed E-state index contributed by atoms with van der Waals surface area (Å²) in [6.45, 7) is 3.51. The Morgan fingerprint density at radius 1 is 1.29 bits per heavy atom. The Kier molecular flexibility index (Phi) is 8.51. The molecular weight excluding hydrogens is 186 g/mol. The number of hydrogen-bond donors (Lipinski definition) is 1. The van der Waals surface area contributed by atoms with Gasteiger partial charge in [-0.3, -0.25) is 4.79 Å². The molecule has 0 heterocycles. The summed E-state index contributed by atoms with van der Waals surface area (Å²) in [7, 11) is 1.60. The minimum Gasteiger partial charge on any atom is -0.462 e. The molecule has 0 aliphatic rings. The predicted molar refractivity (Wildman–Crippen MR) is 51.9 cm³/mol. The highest BCUT2D eigenvalue weighted by atomic mass is 16.6. The highest BCUT2D eigenvalue weighted by molar-refractivity contribution is 5.75. The van der Waals surface area contributed by atoms with Gasteiger partial charge in [0.1, 0.15) is 12.6 Å². The third kappa shape index (κ3) is 6.82. The summed E-state index contributed by atoms with van der Waals surface area (Å²) in [5.41, 5.74) is 5.44. The van der Waals surface area contributed by atoms with E-state index in [0.29, 0.717) is 26.2 Å². The van der Waals surface area contributed by atoms with Gasteiger partial charge in [-0.1, -0.05) is 6.92 Å². The normalized spacial score (nSPS) is 12.5. The molecule has 0 fully saturated rings. The van der Waals surface area contributed by atoms with Gasteiger partial charge in [-0.05, 0) is 6.42 Å². The van der Waals surface area contributed by atoms with E-state index in [1.807, 2.05) is 6.92 Å². The maximum atomic E-state index is 11.0. The zero-order chi connectivity index (χ0) is 10.8. The molecule has 0 aliphatic carbocycles. The molecule has 0 rings (SSSR count). The van der Waals surface area contributed by atoms with Gasteiger partial charge < -0.3 is 19.9 Å². The molecule has 0 bridgehead atoms. The van der Waals surface area contributed by atoms with Gasteiger partial charge in [-0.2, -0.15) is 0 Å². The number of carbonyl (C=O) groups excluding carboxylic acids is 1. The van der Waals surface area contributed by atoms with E-state index in [2.05, 4.69) is 0 Å². The minimum atomic E-state index is -0.519. The van der Waals surface area contributed by atoms with Gasteiger partial charge in [0.25, 0.3) is 0 Å². The van der Waals surface area contributed by atoms with Crippen molar-refractivity contribution < 1.29 is 19.0 Å². The summed E-state index contributed by atoms with van der Waals surface area (Å²) in [6.07, 6.45) is 0.587. The molecule has 84 valence electrons. The van der Waals surface area contributed by atoms with Crippen molar-refractivity contribution >= 4 is 5.97 Å². The second-order valence-electron chi connectivity index (χ2n) is 2.79. The third-order valence-electron chi connectivity index (χ3n) is 1.65. The molecule has 5 nitrogen and oxygen atoms in total. The number of methoxy groups -OCH3 is 1. The van der Waals surface area contributed by atoms with Crippen LogP contribution in [0, 0.1) is 0 Å². The van der Waals surface area contributed by atoms with Crippen molar-refractivity contribution in [2.75, 3.05) is 33.5 Å². The molecule has 0 radical (unpaired) electrons. The van der Waals surface area contributed by atoms with Gasteiger partial charge in [0, 0.05) is 7.11 Å². The van der Waals surface area contributed by atoms with E-state index in [-0.39, 0.29) is 12.6 Å². The fraction of sp³-hybridized carbons (Fsp3) is 0.889. The van der Waals surface area contributed by atoms with Crippen LogP contribution in [0.4, 0.5) is 0 Å². The first-order valence-corrected chi connectivity index (χ1v) is 4.71. The SMILES string of the molecule is CC[C@H](N)C(=O)OCCOCCOC. The topological polar surface area (TPSA) is 70.8 Å². The predicted octanol–water partition coefficient (Wildman–Crippen LogP) is -0.0701. The van der Waals surface area contributed by atoms with Crippen molar-refractivity contribution in [1.29, 1.82) is 0 Å². The van der Waals surface area contributed by atoms with Crippen molar-refractivity contribution in [3.8, 4) is 0 Å². The number of ether oxygens (including phenoxy) is 3. The lowest BCUT2D eigenvalue weighted by Gasteiger charge is -2.09. The monoisotopic (exact) mass is 205 g/mol. The second-order valence-corrected chi connectivity index (χ2v) is 2.79. The van der Waals surface area contributed by atoms with Crippen LogP contribution in [0.25, 0.3) is 0 Å². The number of carbonyl (C=O) groups is 1. The van der Waals surface area contributed by atoms with Crippen LogP contribution < -0.4 is 5.73 Å². The van der Waals surface area contributed by atoms with E-state index in [4.69, 9.17) is 19.9 Å². The van der Waals surface area contributed by atoms with Gasteiger partial charge in [-0.15, -0.1) is 0 Å². The van der Waals surface area contributed by atoms with Crippen molar-refractivity contribution in [3.05, 3.63) is 0 Å². The van der Waals surface area contributed by atoms with Crippen LogP contribution in [0.3, 0.4) is 0 Å². The van der Waals surface area contributed by atoms with Crippen LogP contribution in [-0.4, -0.2) is 45.5 Å². The second kappa shape index (κ2) is 8.93. The number of rotatable bonds is 8. The molecule has 5 heteroatoms.